The van der Waals surface area contributed by atoms with Crippen molar-refractivity contribution < 1.29 is 0 Å². The van der Waals surface area contributed by atoms with E-state index in [-0.39, 0.29) is 0 Å². The number of nitrogen functional groups attached to an aromatic ring is 1. The molecule has 8 bridgehead atoms. The molecular weight excluding hydrogens is 641 g/mol. The van der Waals surface area contributed by atoms with Gasteiger partial charge in [0.1, 0.15) is 0 Å². The van der Waals surface area contributed by atoms with Crippen LogP contribution in [0.3, 0.4) is 0 Å². The molecule has 0 spiro atoms. The lowest BCUT2D eigenvalue weighted by Crippen LogP contribution is -2.13. The van der Waals surface area contributed by atoms with Crippen LogP contribution in [0.25, 0.3) is 74.2 Å². The quantitative estimate of drug-likeness (QED) is 0.162. The molecule has 1 aromatic carbocycles. The topological polar surface area (TPSA) is 93.1 Å². The molecule has 256 valence electrons. The summed E-state index contributed by atoms with van der Waals surface area (Å²) in [6.07, 6.45) is 28.3. The molecule has 0 amide bonds. The zero-order chi connectivity index (χ0) is 35.3. The fourth-order valence-corrected chi connectivity index (χ4v) is 7.36. The zero-order valence-corrected chi connectivity index (χ0v) is 29.6. The van der Waals surface area contributed by atoms with Crippen molar-refractivity contribution in [1.29, 1.82) is 0 Å². The standard InChI is InChI=1S/C44H40N8/c1-50-22-16-29(17-23-50)42-35-10-8-33(46-35)41(28-4-6-32(45)7-5-28)34-9-11-36(47-34)43(30-18-24-51(2)25-19-30)38-13-15-40(49-38)44(39-14-12-37(42)48-39)31-20-26-52(3)27-21-31/h4-22,24,26,46,49H,23,25,27,45H2,1-3H3. The minimum atomic E-state index is 0.720. The largest absolute Gasteiger partial charge is 0.399 e. The van der Waals surface area contributed by atoms with Crippen LogP contribution in [0.15, 0.2) is 104 Å². The number of aromatic amines is 2. The van der Waals surface area contributed by atoms with Crippen molar-refractivity contribution in [3.8, 4) is 11.1 Å². The van der Waals surface area contributed by atoms with Gasteiger partial charge in [-0.1, -0.05) is 30.4 Å². The Morgan fingerprint density at radius 1 is 0.462 bits per heavy atom. The van der Waals surface area contributed by atoms with Crippen molar-refractivity contribution in [1.82, 2.24) is 34.6 Å². The number of hydrogen-bond donors (Lipinski definition) is 3. The second-order valence-corrected chi connectivity index (χ2v) is 13.9. The van der Waals surface area contributed by atoms with Crippen LogP contribution in [0, 0.1) is 0 Å². The molecular formula is C44H40N8. The van der Waals surface area contributed by atoms with Crippen LogP contribution in [-0.4, -0.2) is 75.4 Å². The lowest BCUT2D eigenvalue weighted by molar-refractivity contribution is 0.506. The average Bonchev–Trinajstić information content (AvgIpc) is 3.99. The number of nitrogens with zero attached hydrogens (tertiary/aromatic N) is 5. The normalized spacial score (nSPS) is 16.4. The van der Waals surface area contributed by atoms with Gasteiger partial charge in [0.05, 0.1) is 22.8 Å². The number of fused-ring (bicyclic) bond motifs is 8. The third-order valence-electron chi connectivity index (χ3n) is 10.1. The first-order chi connectivity index (χ1) is 25.4. The van der Waals surface area contributed by atoms with Crippen molar-refractivity contribution in [2.45, 2.75) is 0 Å². The summed E-state index contributed by atoms with van der Waals surface area (Å²) in [6, 6.07) is 16.7. The molecule has 52 heavy (non-hydrogen) atoms. The molecule has 0 saturated carbocycles. The number of nitrogens with one attached hydrogen (secondary N) is 2. The molecule has 8 heterocycles. The van der Waals surface area contributed by atoms with E-state index >= 15 is 0 Å². The number of likely N-dealkylation sites (N-methyl/N-ethyl adjacent to an activating group) is 3. The third kappa shape index (κ3) is 5.68. The van der Waals surface area contributed by atoms with Gasteiger partial charge in [0, 0.05) is 90.8 Å². The Balaban J connectivity index is 1.43. The third-order valence-corrected chi connectivity index (χ3v) is 10.1. The zero-order valence-electron chi connectivity index (χ0n) is 29.6. The first-order valence-corrected chi connectivity index (χ1v) is 17.7. The molecule has 4 N–H and O–H groups in total. The number of rotatable bonds is 4. The summed E-state index contributed by atoms with van der Waals surface area (Å²) in [5.41, 5.74) is 23.1. The second kappa shape index (κ2) is 12.7. The van der Waals surface area contributed by atoms with E-state index in [0.29, 0.717) is 0 Å². The van der Waals surface area contributed by atoms with Gasteiger partial charge in [-0.3, -0.25) is 0 Å². The summed E-state index contributed by atoms with van der Waals surface area (Å²) in [5, 5.41) is 0. The molecule has 3 aromatic heterocycles. The first kappa shape index (κ1) is 31.4. The lowest BCUT2D eigenvalue weighted by Gasteiger charge is -2.18. The summed E-state index contributed by atoms with van der Waals surface area (Å²) in [7, 11) is 6.27. The Morgan fingerprint density at radius 2 is 0.808 bits per heavy atom. The molecule has 9 rings (SSSR count). The monoisotopic (exact) mass is 680 g/mol. The van der Waals surface area contributed by atoms with E-state index in [1.54, 1.807) is 0 Å². The Hall–Kier alpha value is -6.54. The summed E-state index contributed by atoms with van der Waals surface area (Å²) >= 11 is 0. The molecule has 0 radical (unpaired) electrons. The molecule has 0 unspecified atom stereocenters. The van der Waals surface area contributed by atoms with Gasteiger partial charge in [-0.15, -0.1) is 0 Å². The summed E-state index contributed by atoms with van der Waals surface area (Å²) in [5.74, 6) is 0. The smallest absolute Gasteiger partial charge is 0.0737 e. The van der Waals surface area contributed by atoms with Crippen LogP contribution < -0.4 is 5.73 Å². The van der Waals surface area contributed by atoms with Crippen LogP contribution in [0.1, 0.15) is 39.5 Å². The summed E-state index contributed by atoms with van der Waals surface area (Å²) in [6.45, 7) is 2.45. The lowest BCUT2D eigenvalue weighted by atomic mass is 10.0. The second-order valence-electron chi connectivity index (χ2n) is 13.9. The Morgan fingerprint density at radius 3 is 1.15 bits per heavy atom. The summed E-state index contributed by atoms with van der Waals surface area (Å²) in [4.78, 5) is 25.0. The van der Waals surface area contributed by atoms with E-state index < -0.39 is 0 Å². The van der Waals surface area contributed by atoms with Crippen molar-refractivity contribution in [2.24, 2.45) is 0 Å². The van der Waals surface area contributed by atoms with E-state index in [1.807, 2.05) is 12.1 Å². The fourth-order valence-electron chi connectivity index (χ4n) is 7.36. The number of H-pyrrole nitrogens is 2. The minimum absolute atomic E-state index is 0.720. The van der Waals surface area contributed by atoms with Gasteiger partial charge < -0.3 is 30.4 Å². The highest BCUT2D eigenvalue weighted by Gasteiger charge is 2.21. The van der Waals surface area contributed by atoms with E-state index in [1.165, 1.54) is 0 Å². The number of nitrogens with two attached hydrogens (primary N) is 1. The molecule has 5 aliphatic rings. The number of hydrogen-bond acceptors (Lipinski definition) is 6. The first-order valence-electron chi connectivity index (χ1n) is 17.7. The maximum absolute atomic E-state index is 6.17. The Labute approximate surface area is 303 Å². The highest BCUT2D eigenvalue weighted by Crippen LogP contribution is 2.37. The molecule has 8 heteroatoms. The maximum Gasteiger partial charge on any atom is 0.0737 e. The molecule has 4 aromatic rings. The van der Waals surface area contributed by atoms with Crippen molar-refractivity contribution >= 4 is 68.8 Å². The SMILES string of the molecule is CN1C=CC(c2c3nc(c(C4=CCN(C)C=C4)c4ccc([nH]4)c(-c4ccc(N)cc4)c4nc(c(C5=CCN(C)C=C5)c5ccc2[nH]5)C=C4)C=C3)=CC1. The molecule has 8 nitrogen and oxygen atoms in total. The average molecular weight is 681 g/mol. The van der Waals surface area contributed by atoms with Crippen LogP contribution >= 0.6 is 0 Å². The van der Waals surface area contributed by atoms with E-state index in [0.717, 1.165) is 115 Å². The number of aromatic nitrogens is 4. The highest BCUT2D eigenvalue weighted by molar-refractivity contribution is 5.99. The molecule has 0 aliphatic carbocycles. The predicted molar refractivity (Wildman–Crippen MR) is 218 cm³/mol. The van der Waals surface area contributed by atoms with Crippen LogP contribution in [0.4, 0.5) is 5.69 Å². The maximum atomic E-state index is 6.17. The van der Waals surface area contributed by atoms with Crippen molar-refractivity contribution in [3.05, 3.63) is 143 Å². The Bertz CT molecular complexity index is 2510. The van der Waals surface area contributed by atoms with E-state index in [9.17, 15) is 0 Å². The number of anilines is 1. The van der Waals surface area contributed by atoms with Gasteiger partial charge in [-0.2, -0.15) is 0 Å². The highest BCUT2D eigenvalue weighted by atomic mass is 15.1. The Kier molecular flexibility index (Phi) is 7.65. The van der Waals surface area contributed by atoms with Crippen LogP contribution in [0.2, 0.25) is 0 Å². The van der Waals surface area contributed by atoms with Gasteiger partial charge in [0.2, 0.25) is 0 Å². The van der Waals surface area contributed by atoms with Gasteiger partial charge in [0.25, 0.3) is 0 Å². The minimum Gasteiger partial charge on any atom is -0.399 e. The molecule has 0 fully saturated rings. The summed E-state index contributed by atoms with van der Waals surface area (Å²) < 4.78 is 0. The number of benzene rings is 1. The van der Waals surface area contributed by atoms with Gasteiger partial charge in [-0.05, 0) is 120 Å². The van der Waals surface area contributed by atoms with Crippen LogP contribution in [0.5, 0.6) is 0 Å². The molecule has 5 aliphatic heterocycles. The molecule has 0 saturated heterocycles. The number of allylic oxidation sites excluding steroid dienone is 6. The molecule has 0 atom stereocenters. The van der Waals surface area contributed by atoms with Gasteiger partial charge >= 0.3 is 0 Å². The van der Waals surface area contributed by atoms with Crippen LogP contribution in [-0.2, 0) is 0 Å². The van der Waals surface area contributed by atoms with Crippen molar-refractivity contribution in [3.63, 3.8) is 0 Å². The van der Waals surface area contributed by atoms with Crippen molar-refractivity contribution in [2.75, 3.05) is 46.5 Å². The van der Waals surface area contributed by atoms with E-state index in [4.69, 9.17) is 15.7 Å². The van der Waals surface area contributed by atoms with Gasteiger partial charge in [-0.25, -0.2) is 9.97 Å². The van der Waals surface area contributed by atoms with Gasteiger partial charge in [0.15, 0.2) is 0 Å². The predicted octanol–water partition coefficient (Wildman–Crippen LogP) is 8.43. The van der Waals surface area contributed by atoms with E-state index in [2.05, 4.69) is 162 Å². The fraction of sp³-hybridized carbons (Fsp3) is 0.136.